The fraction of sp³-hybridized carbons (Fsp3) is 0.231. The van der Waals surface area contributed by atoms with Crippen LogP contribution < -0.4 is 10.1 Å². The minimum absolute atomic E-state index is 0.241. The van der Waals surface area contributed by atoms with Crippen LogP contribution in [0.5, 0.6) is 11.5 Å². The van der Waals surface area contributed by atoms with Gasteiger partial charge in [-0.1, -0.05) is 61.5 Å². The predicted molar refractivity (Wildman–Crippen MR) is 123 cm³/mol. The molecule has 0 spiro atoms. The van der Waals surface area contributed by atoms with Crippen molar-refractivity contribution in [3.8, 4) is 11.5 Å². The topological polar surface area (TPSA) is 61.7 Å². The fourth-order valence-electron chi connectivity index (χ4n) is 3.51. The second-order valence-electron chi connectivity index (χ2n) is 7.17. The van der Waals surface area contributed by atoms with Crippen molar-refractivity contribution in [2.75, 3.05) is 20.2 Å². The van der Waals surface area contributed by atoms with Crippen LogP contribution in [-0.2, 0) is 0 Å². The van der Waals surface area contributed by atoms with Crippen LogP contribution in [0.2, 0.25) is 0 Å². The summed E-state index contributed by atoms with van der Waals surface area (Å²) in [5.41, 5.74) is 5.67. The van der Waals surface area contributed by atoms with Gasteiger partial charge >= 0.3 is 0 Å². The molecule has 4 heteroatoms. The molecule has 0 heterocycles. The zero-order valence-electron chi connectivity index (χ0n) is 17.5. The maximum atomic E-state index is 9.84. The molecule has 3 aromatic carbocycles. The number of allylic oxidation sites excluding steroid dienone is 1. The van der Waals surface area contributed by atoms with Gasteiger partial charge < -0.3 is 20.3 Å². The molecular weight excluding hydrogens is 374 g/mol. The van der Waals surface area contributed by atoms with Crippen molar-refractivity contribution >= 4 is 11.1 Å². The Bertz CT molecular complexity index is 948. The zero-order chi connectivity index (χ0) is 21.3. The van der Waals surface area contributed by atoms with Crippen LogP contribution in [0, 0.1) is 0 Å². The van der Waals surface area contributed by atoms with Crippen LogP contribution >= 0.6 is 0 Å². The van der Waals surface area contributed by atoms with Crippen LogP contribution in [0.3, 0.4) is 0 Å². The Balaban J connectivity index is 1.99. The molecule has 1 unspecified atom stereocenters. The molecule has 0 aliphatic carbocycles. The smallest absolute Gasteiger partial charge is 0.119 e. The Hall–Kier alpha value is -3.08. The van der Waals surface area contributed by atoms with E-state index in [-0.39, 0.29) is 12.4 Å². The van der Waals surface area contributed by atoms with Crippen molar-refractivity contribution in [2.45, 2.75) is 19.4 Å². The van der Waals surface area contributed by atoms with Crippen LogP contribution in [0.15, 0.2) is 78.9 Å². The summed E-state index contributed by atoms with van der Waals surface area (Å²) in [4.78, 5) is 0. The SMILES string of the molecule is CC/C(=C(\c1ccc(O)cc1)c1ccc(OCC(O)CNC)cc1)c1ccccc1. The number of phenolic OH excluding ortho intramolecular Hbond substituents is 1. The van der Waals surface area contributed by atoms with Gasteiger partial charge in [0.25, 0.3) is 0 Å². The molecule has 3 N–H and O–H groups in total. The molecule has 30 heavy (non-hydrogen) atoms. The standard InChI is InChI=1S/C26H29NO3/c1-3-25(19-7-5-4-6-8-19)26(20-9-13-22(28)14-10-20)21-11-15-24(16-12-21)30-18-23(29)17-27-2/h4-16,23,27-29H,3,17-18H2,1-2H3/b26-25-. The van der Waals surface area contributed by atoms with Crippen LogP contribution in [0.1, 0.15) is 30.0 Å². The van der Waals surface area contributed by atoms with Gasteiger partial charge in [-0.3, -0.25) is 0 Å². The first-order valence-corrected chi connectivity index (χ1v) is 10.3. The van der Waals surface area contributed by atoms with E-state index in [0.717, 1.165) is 28.9 Å². The number of hydrogen-bond donors (Lipinski definition) is 3. The van der Waals surface area contributed by atoms with E-state index in [1.54, 1.807) is 19.2 Å². The molecular formula is C26H29NO3. The highest BCUT2D eigenvalue weighted by molar-refractivity contribution is 5.98. The summed E-state index contributed by atoms with van der Waals surface area (Å²) in [6.07, 6.45) is 0.321. The van der Waals surface area contributed by atoms with Crippen molar-refractivity contribution in [3.63, 3.8) is 0 Å². The van der Waals surface area contributed by atoms with Crippen LogP contribution in [0.25, 0.3) is 11.1 Å². The van der Waals surface area contributed by atoms with Crippen LogP contribution in [-0.4, -0.2) is 36.5 Å². The summed E-state index contributed by atoms with van der Waals surface area (Å²) in [6.45, 7) is 2.89. The molecule has 0 amide bonds. The summed E-state index contributed by atoms with van der Waals surface area (Å²) < 4.78 is 5.71. The van der Waals surface area contributed by atoms with Crippen molar-refractivity contribution in [1.82, 2.24) is 5.32 Å². The van der Waals surface area contributed by atoms with E-state index in [0.29, 0.717) is 6.54 Å². The third kappa shape index (κ3) is 5.50. The maximum absolute atomic E-state index is 9.84. The summed E-state index contributed by atoms with van der Waals surface area (Å²) in [7, 11) is 1.80. The number of aromatic hydroxyl groups is 1. The summed E-state index contributed by atoms with van der Waals surface area (Å²) >= 11 is 0. The highest BCUT2D eigenvalue weighted by Gasteiger charge is 2.13. The third-order valence-corrected chi connectivity index (χ3v) is 4.96. The predicted octanol–water partition coefficient (Wildman–Crippen LogP) is 4.72. The van der Waals surface area contributed by atoms with Gasteiger partial charge in [0.15, 0.2) is 0 Å². The number of aliphatic hydroxyl groups excluding tert-OH is 1. The zero-order valence-corrected chi connectivity index (χ0v) is 17.5. The van der Waals surface area contributed by atoms with Crippen molar-refractivity contribution in [1.29, 1.82) is 0 Å². The van der Waals surface area contributed by atoms with Gasteiger partial charge in [0.05, 0.1) is 0 Å². The number of hydrogen-bond acceptors (Lipinski definition) is 4. The first-order valence-electron chi connectivity index (χ1n) is 10.3. The van der Waals surface area contributed by atoms with E-state index in [9.17, 15) is 10.2 Å². The Morgan fingerprint density at radius 2 is 1.47 bits per heavy atom. The molecule has 0 fully saturated rings. The van der Waals surface area contributed by atoms with E-state index < -0.39 is 6.10 Å². The molecule has 1 atom stereocenters. The van der Waals surface area contributed by atoms with Crippen LogP contribution in [0.4, 0.5) is 0 Å². The number of likely N-dealkylation sites (N-methyl/N-ethyl adjacent to an activating group) is 1. The lowest BCUT2D eigenvalue weighted by Crippen LogP contribution is -2.29. The van der Waals surface area contributed by atoms with Gasteiger partial charge in [0, 0.05) is 6.54 Å². The van der Waals surface area contributed by atoms with E-state index in [4.69, 9.17) is 4.74 Å². The first-order chi connectivity index (χ1) is 14.6. The van der Waals surface area contributed by atoms with E-state index in [1.165, 1.54) is 11.1 Å². The van der Waals surface area contributed by atoms with Gasteiger partial charge in [0.1, 0.15) is 24.2 Å². The Labute approximate surface area is 178 Å². The minimum Gasteiger partial charge on any atom is -0.508 e. The number of phenols is 1. The quantitative estimate of drug-likeness (QED) is 0.453. The molecule has 0 bridgehead atoms. The molecule has 0 radical (unpaired) electrons. The number of benzene rings is 3. The Kier molecular flexibility index (Phi) is 7.66. The van der Waals surface area contributed by atoms with Crippen molar-refractivity contribution in [2.24, 2.45) is 0 Å². The molecule has 3 aromatic rings. The number of rotatable bonds is 9. The van der Waals surface area contributed by atoms with E-state index in [1.807, 2.05) is 54.6 Å². The molecule has 0 aliphatic rings. The molecule has 3 rings (SSSR count). The second kappa shape index (κ2) is 10.6. The first kappa shape index (κ1) is 21.6. The van der Waals surface area contributed by atoms with Gasteiger partial charge in [-0.05, 0) is 65.6 Å². The highest BCUT2D eigenvalue weighted by atomic mass is 16.5. The van der Waals surface area contributed by atoms with Gasteiger partial charge in [-0.2, -0.15) is 0 Å². The summed E-state index contributed by atoms with van der Waals surface area (Å²) in [6, 6.07) is 25.6. The Morgan fingerprint density at radius 3 is 2.03 bits per heavy atom. The molecule has 156 valence electrons. The van der Waals surface area contributed by atoms with Gasteiger partial charge in [-0.15, -0.1) is 0 Å². The summed E-state index contributed by atoms with van der Waals surface area (Å²) in [5, 5.41) is 22.5. The average Bonchev–Trinajstić information content (AvgIpc) is 2.78. The lowest BCUT2D eigenvalue weighted by molar-refractivity contribution is 0.108. The fourth-order valence-corrected chi connectivity index (χ4v) is 3.51. The number of nitrogens with one attached hydrogen (secondary N) is 1. The highest BCUT2D eigenvalue weighted by Crippen LogP contribution is 2.35. The minimum atomic E-state index is -0.549. The van der Waals surface area contributed by atoms with E-state index >= 15 is 0 Å². The molecule has 0 saturated heterocycles. The van der Waals surface area contributed by atoms with Crippen molar-refractivity contribution in [3.05, 3.63) is 95.6 Å². The summed E-state index contributed by atoms with van der Waals surface area (Å²) in [5.74, 6) is 0.969. The normalized spacial score (nSPS) is 12.9. The molecule has 0 saturated carbocycles. The Morgan fingerprint density at radius 1 is 0.867 bits per heavy atom. The second-order valence-corrected chi connectivity index (χ2v) is 7.17. The van der Waals surface area contributed by atoms with Gasteiger partial charge in [-0.25, -0.2) is 0 Å². The number of aliphatic hydroxyl groups is 1. The molecule has 0 aromatic heterocycles. The lowest BCUT2D eigenvalue weighted by atomic mass is 9.88. The lowest BCUT2D eigenvalue weighted by Gasteiger charge is -2.17. The third-order valence-electron chi connectivity index (χ3n) is 4.96. The van der Waals surface area contributed by atoms with Crippen molar-refractivity contribution < 1.29 is 14.9 Å². The average molecular weight is 404 g/mol. The monoisotopic (exact) mass is 403 g/mol. The number of ether oxygens (including phenoxy) is 1. The van der Waals surface area contributed by atoms with Gasteiger partial charge in [0.2, 0.25) is 0 Å². The molecule has 0 aliphatic heterocycles. The largest absolute Gasteiger partial charge is 0.508 e. The maximum Gasteiger partial charge on any atom is 0.119 e. The molecule has 4 nitrogen and oxygen atoms in total. The van der Waals surface area contributed by atoms with E-state index in [2.05, 4.69) is 24.4 Å².